The molecule has 13 aromatic carbocycles. The van der Waals surface area contributed by atoms with Crippen molar-refractivity contribution in [2.45, 2.75) is 103 Å². The molecule has 2 aliphatic rings. The highest BCUT2D eigenvalue weighted by Crippen LogP contribution is 2.60. The highest BCUT2D eigenvalue weighted by Gasteiger charge is 2.47. The highest BCUT2D eigenvalue weighted by atomic mass is 15.1. The predicted octanol–water partition coefficient (Wildman–Crippen LogP) is 24.3. The van der Waals surface area contributed by atoms with Gasteiger partial charge in [-0.3, -0.25) is 0 Å². The predicted molar refractivity (Wildman–Crippen MR) is 373 cm³/mol. The molecule has 0 unspecified atom stereocenters. The molecule has 424 valence electrons. The van der Waals surface area contributed by atoms with E-state index in [9.17, 15) is 0 Å². The molecule has 0 spiro atoms. The van der Waals surface area contributed by atoms with E-state index in [-0.39, 0.29) is 5.41 Å². The zero-order valence-corrected chi connectivity index (χ0v) is 50.8. The van der Waals surface area contributed by atoms with Crippen LogP contribution >= 0.6 is 0 Å². The molecule has 1 heteroatoms. The minimum atomic E-state index is -0.456. The third kappa shape index (κ3) is 8.79. The Labute approximate surface area is 514 Å². The Bertz CT molecular complexity index is 4560. The van der Waals surface area contributed by atoms with E-state index in [0.29, 0.717) is 0 Å². The zero-order valence-electron chi connectivity index (χ0n) is 50.8. The molecule has 15 rings (SSSR count). The van der Waals surface area contributed by atoms with Crippen LogP contribution in [0.3, 0.4) is 0 Å². The summed E-state index contributed by atoms with van der Waals surface area (Å²) in [6.07, 6.45) is 12.0. The summed E-state index contributed by atoms with van der Waals surface area (Å²) < 4.78 is 0. The topological polar surface area (TPSA) is 3.24 Å². The number of nitrogens with zero attached hydrogens (tertiary/aromatic N) is 1. The first-order valence-electron chi connectivity index (χ1n) is 32.3. The van der Waals surface area contributed by atoms with Crippen molar-refractivity contribution in [1.29, 1.82) is 0 Å². The Morgan fingerprint density at radius 1 is 0.299 bits per heavy atom. The first kappa shape index (κ1) is 54.4. The molecule has 0 N–H and O–H groups in total. The third-order valence-corrected chi connectivity index (χ3v) is 20.2. The Morgan fingerprint density at radius 2 is 0.713 bits per heavy atom. The lowest BCUT2D eigenvalue weighted by Gasteiger charge is -2.35. The molecule has 0 heterocycles. The molecule has 0 aliphatic heterocycles. The van der Waals surface area contributed by atoms with Gasteiger partial charge in [-0.2, -0.15) is 0 Å². The second-order valence-corrected chi connectivity index (χ2v) is 25.1. The molecule has 2 aliphatic carbocycles. The summed E-state index contributed by atoms with van der Waals surface area (Å²) in [5.74, 6) is 0. The van der Waals surface area contributed by atoms with Gasteiger partial charge in [-0.15, -0.1) is 0 Å². The van der Waals surface area contributed by atoms with Crippen LogP contribution in [0.15, 0.2) is 261 Å². The summed E-state index contributed by atoms with van der Waals surface area (Å²) in [5, 5.41) is 10.2. The second-order valence-electron chi connectivity index (χ2n) is 25.1. The maximum absolute atomic E-state index is 2.68. The molecule has 0 radical (unpaired) electrons. The first-order valence-corrected chi connectivity index (χ1v) is 32.3. The number of benzene rings is 13. The van der Waals surface area contributed by atoms with Crippen molar-refractivity contribution in [3.63, 3.8) is 0 Å². The van der Waals surface area contributed by atoms with Crippen molar-refractivity contribution in [2.75, 3.05) is 4.90 Å². The Morgan fingerprint density at radius 3 is 1.24 bits per heavy atom. The van der Waals surface area contributed by atoms with Crippen molar-refractivity contribution >= 4 is 60.2 Å². The molecule has 0 fully saturated rings. The summed E-state index contributed by atoms with van der Waals surface area (Å²) in [5.41, 5.74) is 24.3. The lowest BCUT2D eigenvalue weighted by atomic mass is 9.67. The van der Waals surface area contributed by atoms with Crippen molar-refractivity contribution in [2.24, 2.45) is 0 Å². The highest BCUT2D eigenvalue weighted by molar-refractivity contribution is 6.22. The van der Waals surface area contributed by atoms with E-state index in [0.717, 1.165) is 12.8 Å². The van der Waals surface area contributed by atoms with Gasteiger partial charge in [-0.05, 0) is 184 Å². The van der Waals surface area contributed by atoms with Crippen molar-refractivity contribution in [3.8, 4) is 44.5 Å². The SMILES string of the molecule is CCCCCCC1(CCCCCC)c2cc(-c3c4ccccc4c(-c4ccc5c(c4)-c4ccccc4C5(c4ccccc4)c4ccccc4)c4ccccc34)ccc2-c2ccc(N(c3ccc(C)c4ccccc34)c3ccc(C)c4ccccc34)cc21. The van der Waals surface area contributed by atoms with Crippen LogP contribution < -0.4 is 4.90 Å². The largest absolute Gasteiger partial charge is 0.309 e. The summed E-state index contributed by atoms with van der Waals surface area (Å²) in [7, 11) is 0. The molecule has 0 amide bonds. The van der Waals surface area contributed by atoms with Crippen molar-refractivity contribution < 1.29 is 0 Å². The van der Waals surface area contributed by atoms with Gasteiger partial charge in [0.2, 0.25) is 0 Å². The minimum absolute atomic E-state index is 0.185. The number of hydrogen-bond acceptors (Lipinski definition) is 1. The van der Waals surface area contributed by atoms with Gasteiger partial charge in [0.15, 0.2) is 0 Å². The van der Waals surface area contributed by atoms with Crippen LogP contribution in [0.4, 0.5) is 17.1 Å². The van der Waals surface area contributed by atoms with Crippen LogP contribution in [0.2, 0.25) is 0 Å². The van der Waals surface area contributed by atoms with E-state index in [2.05, 4.69) is 293 Å². The molecule has 0 saturated carbocycles. The fraction of sp³-hybridized carbons (Fsp3) is 0.186. The lowest BCUT2D eigenvalue weighted by Crippen LogP contribution is -2.28. The van der Waals surface area contributed by atoms with Gasteiger partial charge in [0, 0.05) is 21.9 Å². The average Bonchev–Trinajstić information content (AvgIpc) is 1.75. The Hall–Kier alpha value is -9.30. The molecule has 0 atom stereocenters. The maximum Gasteiger partial charge on any atom is 0.0713 e. The van der Waals surface area contributed by atoms with Crippen LogP contribution in [-0.4, -0.2) is 0 Å². The summed E-state index contributed by atoms with van der Waals surface area (Å²) in [6.45, 7) is 9.20. The van der Waals surface area contributed by atoms with Crippen LogP contribution in [-0.2, 0) is 10.8 Å². The molecule has 1 nitrogen and oxygen atoms in total. The average molecular weight is 1120 g/mol. The van der Waals surface area contributed by atoms with Gasteiger partial charge in [0.25, 0.3) is 0 Å². The van der Waals surface area contributed by atoms with Gasteiger partial charge in [-0.1, -0.05) is 290 Å². The van der Waals surface area contributed by atoms with Gasteiger partial charge in [0.05, 0.1) is 16.8 Å². The van der Waals surface area contributed by atoms with E-state index < -0.39 is 5.41 Å². The zero-order chi connectivity index (χ0) is 58.6. The Kier molecular flexibility index (Phi) is 14.1. The van der Waals surface area contributed by atoms with Crippen molar-refractivity contribution in [1.82, 2.24) is 0 Å². The number of hydrogen-bond donors (Lipinski definition) is 0. The van der Waals surface area contributed by atoms with Gasteiger partial charge in [-0.25, -0.2) is 0 Å². The number of unbranched alkanes of at least 4 members (excludes halogenated alkanes) is 6. The van der Waals surface area contributed by atoms with Crippen LogP contribution in [0.5, 0.6) is 0 Å². The normalized spacial score (nSPS) is 13.5. The van der Waals surface area contributed by atoms with Gasteiger partial charge in [0.1, 0.15) is 0 Å². The smallest absolute Gasteiger partial charge is 0.0713 e. The number of rotatable bonds is 17. The van der Waals surface area contributed by atoms with Crippen LogP contribution in [0, 0.1) is 13.8 Å². The maximum atomic E-state index is 2.68. The van der Waals surface area contributed by atoms with Crippen LogP contribution in [0.25, 0.3) is 87.6 Å². The second kappa shape index (κ2) is 22.5. The minimum Gasteiger partial charge on any atom is -0.309 e. The van der Waals surface area contributed by atoms with E-state index in [1.165, 1.54) is 201 Å². The summed E-state index contributed by atoms with van der Waals surface area (Å²) in [4.78, 5) is 2.60. The molecule has 87 heavy (non-hydrogen) atoms. The first-order chi connectivity index (χ1) is 42.9. The van der Waals surface area contributed by atoms with E-state index in [1.54, 1.807) is 0 Å². The number of fused-ring (bicyclic) bond motifs is 10. The van der Waals surface area contributed by atoms with Gasteiger partial charge < -0.3 is 4.90 Å². The van der Waals surface area contributed by atoms with Crippen molar-refractivity contribution in [3.05, 3.63) is 305 Å². The fourth-order valence-electron chi connectivity index (χ4n) is 16.2. The molecular weight excluding hydrogens is 1050 g/mol. The quantitative estimate of drug-likeness (QED) is 0.0649. The van der Waals surface area contributed by atoms with E-state index in [4.69, 9.17) is 0 Å². The molecule has 0 aromatic heterocycles. The number of anilines is 3. The lowest BCUT2D eigenvalue weighted by molar-refractivity contribution is 0.401. The molecule has 0 bridgehead atoms. The number of aryl methyl sites for hydroxylation is 2. The molecule has 13 aromatic rings. The Balaban J connectivity index is 0.928. The third-order valence-electron chi connectivity index (χ3n) is 20.2. The standard InChI is InChI=1S/C86H75N/c1-5-7-9-27-53-85(54-28-10-8-6-2)79-56-61(45-48-68(79)69-49-47-64(57-80(69)85)87(81-51-43-58(3)65-33-17-19-36-70(65)81)82-52-44-59(4)66-34-18-20-37-71(66)82)84-74-40-23-21-38-72(74)83(73-39-22-24-41-75(73)84)60-46-50-78-76(55-60)67-35-25-26-42-77(67)86(78,62-29-13-11-14-30-62)63-31-15-12-16-32-63/h11-26,29-52,55-57H,5-10,27-28,53-54H2,1-4H3. The van der Waals surface area contributed by atoms with Crippen LogP contribution in [0.1, 0.15) is 123 Å². The van der Waals surface area contributed by atoms with E-state index >= 15 is 0 Å². The fourth-order valence-corrected chi connectivity index (χ4v) is 16.2. The van der Waals surface area contributed by atoms with Gasteiger partial charge >= 0.3 is 0 Å². The molecular formula is C86H75N. The molecule has 0 saturated heterocycles. The summed E-state index contributed by atoms with van der Waals surface area (Å²) >= 11 is 0. The monoisotopic (exact) mass is 1120 g/mol. The summed E-state index contributed by atoms with van der Waals surface area (Å²) in [6, 6.07) is 100. The van der Waals surface area contributed by atoms with E-state index in [1.807, 2.05) is 0 Å².